The van der Waals surface area contributed by atoms with Crippen molar-refractivity contribution < 1.29 is 24.2 Å². The second kappa shape index (κ2) is 7.91. The Labute approximate surface area is 189 Å². The molecule has 0 fully saturated rings. The molecule has 0 saturated carbocycles. The number of ether oxygens (including phenoxy) is 1. The van der Waals surface area contributed by atoms with Gasteiger partial charge in [0.2, 0.25) is 0 Å². The van der Waals surface area contributed by atoms with E-state index in [-0.39, 0.29) is 28.4 Å². The van der Waals surface area contributed by atoms with Crippen LogP contribution in [0.15, 0.2) is 78.9 Å². The fraction of sp³-hybridized carbons (Fsp3) is 0.0741. The lowest BCUT2D eigenvalue weighted by Crippen LogP contribution is -2.20. The van der Waals surface area contributed by atoms with Crippen LogP contribution < -0.4 is 5.32 Å². The highest BCUT2D eigenvalue weighted by Crippen LogP contribution is 2.36. The van der Waals surface area contributed by atoms with Gasteiger partial charge in [-0.15, -0.1) is 0 Å². The first-order valence-electron chi connectivity index (χ1n) is 10.4. The minimum Gasteiger partial charge on any atom is -0.507 e. The second-order valence-electron chi connectivity index (χ2n) is 7.90. The fourth-order valence-electron chi connectivity index (χ4n) is 4.09. The first kappa shape index (κ1) is 20.5. The minimum atomic E-state index is -0.668. The summed E-state index contributed by atoms with van der Waals surface area (Å²) in [5.41, 5.74) is 2.43. The number of carbonyl (C=O) groups is 3. The lowest BCUT2D eigenvalue weighted by atomic mass is 9.82. The first-order valence-corrected chi connectivity index (χ1v) is 10.4. The largest absolute Gasteiger partial charge is 0.507 e. The molecule has 0 saturated heterocycles. The quantitative estimate of drug-likeness (QED) is 0.382. The van der Waals surface area contributed by atoms with Gasteiger partial charge in [-0.25, -0.2) is 4.79 Å². The molecule has 1 aliphatic carbocycles. The van der Waals surface area contributed by atoms with Crippen LogP contribution in [0.1, 0.15) is 50.4 Å². The van der Waals surface area contributed by atoms with Crippen LogP contribution in [0.25, 0.3) is 10.8 Å². The van der Waals surface area contributed by atoms with Gasteiger partial charge in [0.15, 0.2) is 11.6 Å². The summed E-state index contributed by atoms with van der Waals surface area (Å²) in [6.45, 7) is 1.69. The molecule has 2 N–H and O–H groups in total. The Hall–Kier alpha value is -4.45. The number of hydrogen-bond acceptors (Lipinski definition) is 5. The van der Waals surface area contributed by atoms with Crippen LogP contribution in [0.5, 0.6) is 5.75 Å². The minimum absolute atomic E-state index is 0.0664. The van der Waals surface area contributed by atoms with Crippen molar-refractivity contribution in [2.75, 3.05) is 5.32 Å². The lowest BCUT2D eigenvalue weighted by Gasteiger charge is -2.19. The molecule has 1 amide bonds. The highest BCUT2D eigenvalue weighted by atomic mass is 16.6. The number of aromatic hydroxyl groups is 1. The van der Waals surface area contributed by atoms with E-state index in [1.807, 2.05) is 6.07 Å². The number of amides is 1. The molecule has 4 aromatic carbocycles. The van der Waals surface area contributed by atoms with Crippen molar-refractivity contribution in [1.29, 1.82) is 0 Å². The zero-order valence-electron chi connectivity index (χ0n) is 17.7. The Balaban J connectivity index is 1.48. The standard InChI is InChI=1S/C27H19NO5/c1-15(33-27(32)28-18-7-3-2-4-8-18)16-11-17-12-22-23(14-21(17)24(29)13-16)26(31)20-10-6-5-9-19(20)25(22)30/h2-15,29H,1H3,(H,28,32)/t15-/m0/s1. The summed E-state index contributed by atoms with van der Waals surface area (Å²) in [5, 5.41) is 14.3. The molecule has 0 aromatic heterocycles. The smallest absolute Gasteiger partial charge is 0.412 e. The van der Waals surface area contributed by atoms with Crippen LogP contribution in [0.2, 0.25) is 0 Å². The third-order valence-corrected chi connectivity index (χ3v) is 5.77. The predicted molar refractivity (Wildman–Crippen MR) is 124 cm³/mol. The maximum absolute atomic E-state index is 13.0. The monoisotopic (exact) mass is 437 g/mol. The van der Waals surface area contributed by atoms with E-state index in [0.29, 0.717) is 33.2 Å². The Morgan fingerprint density at radius 1 is 0.818 bits per heavy atom. The van der Waals surface area contributed by atoms with Gasteiger partial charge in [-0.1, -0.05) is 42.5 Å². The fourth-order valence-corrected chi connectivity index (χ4v) is 4.09. The average molecular weight is 437 g/mol. The van der Waals surface area contributed by atoms with Crippen LogP contribution in [0.4, 0.5) is 10.5 Å². The number of nitrogens with one attached hydrogen (secondary N) is 1. The molecular formula is C27H19NO5. The summed E-state index contributed by atoms with van der Waals surface area (Å²) in [6.07, 6.45) is -1.30. The van der Waals surface area contributed by atoms with E-state index in [2.05, 4.69) is 5.32 Å². The number of fused-ring (bicyclic) bond motifs is 3. The number of para-hydroxylation sites is 1. The third-order valence-electron chi connectivity index (χ3n) is 5.77. The third kappa shape index (κ3) is 3.61. The van der Waals surface area contributed by atoms with Gasteiger partial charge in [-0.3, -0.25) is 14.9 Å². The molecule has 4 aromatic rings. The van der Waals surface area contributed by atoms with Crippen molar-refractivity contribution in [2.45, 2.75) is 13.0 Å². The molecule has 0 bridgehead atoms. The van der Waals surface area contributed by atoms with Crippen LogP contribution in [0, 0.1) is 0 Å². The maximum Gasteiger partial charge on any atom is 0.412 e. The molecule has 0 heterocycles. The lowest BCUT2D eigenvalue weighted by molar-refractivity contribution is 0.0979. The SMILES string of the molecule is C[C@H](OC(=O)Nc1ccccc1)c1cc(O)c2cc3c(cc2c1)C(=O)c1ccccc1C3=O. The van der Waals surface area contributed by atoms with Crippen LogP contribution >= 0.6 is 0 Å². The van der Waals surface area contributed by atoms with Gasteiger partial charge in [0.05, 0.1) is 0 Å². The van der Waals surface area contributed by atoms with E-state index in [4.69, 9.17) is 4.74 Å². The molecule has 33 heavy (non-hydrogen) atoms. The summed E-state index contributed by atoms with van der Waals surface area (Å²) < 4.78 is 5.46. The number of hydrogen-bond donors (Lipinski definition) is 2. The van der Waals surface area contributed by atoms with Gasteiger partial charge in [0.1, 0.15) is 11.9 Å². The zero-order valence-corrected chi connectivity index (χ0v) is 17.7. The summed E-state index contributed by atoms with van der Waals surface area (Å²) in [6, 6.07) is 22.0. The molecule has 6 nitrogen and oxygen atoms in total. The van der Waals surface area contributed by atoms with Crippen molar-refractivity contribution in [3.05, 3.63) is 107 Å². The van der Waals surface area contributed by atoms with Gasteiger partial charge in [-0.2, -0.15) is 0 Å². The van der Waals surface area contributed by atoms with Crippen molar-refractivity contribution in [2.24, 2.45) is 0 Å². The number of phenols is 1. The molecule has 1 atom stereocenters. The van der Waals surface area contributed by atoms with Crippen LogP contribution in [-0.2, 0) is 4.74 Å². The average Bonchev–Trinajstić information content (AvgIpc) is 2.82. The van der Waals surface area contributed by atoms with Crippen molar-refractivity contribution >= 4 is 34.1 Å². The first-order chi connectivity index (χ1) is 15.9. The van der Waals surface area contributed by atoms with E-state index in [0.717, 1.165) is 0 Å². The van der Waals surface area contributed by atoms with Gasteiger partial charge in [0, 0.05) is 33.3 Å². The van der Waals surface area contributed by atoms with Crippen molar-refractivity contribution in [3.63, 3.8) is 0 Å². The summed E-state index contributed by atoms with van der Waals surface area (Å²) in [5.74, 6) is -0.554. The predicted octanol–water partition coefficient (Wildman–Crippen LogP) is 5.63. The Kier molecular flexibility index (Phi) is 4.90. The zero-order chi connectivity index (χ0) is 23.1. The van der Waals surface area contributed by atoms with E-state index < -0.39 is 12.2 Å². The molecule has 0 radical (unpaired) electrons. The maximum atomic E-state index is 13.0. The van der Waals surface area contributed by atoms with Crippen LogP contribution in [-0.4, -0.2) is 22.8 Å². The number of phenolic OH excluding ortho intramolecular Hbond substituents is 1. The summed E-state index contributed by atoms with van der Waals surface area (Å²) in [7, 11) is 0. The number of benzene rings is 4. The Bertz CT molecular complexity index is 1440. The van der Waals surface area contributed by atoms with Crippen molar-refractivity contribution in [3.8, 4) is 5.75 Å². The molecule has 162 valence electrons. The van der Waals surface area contributed by atoms with E-state index in [9.17, 15) is 19.5 Å². The number of carbonyl (C=O) groups excluding carboxylic acids is 3. The molecule has 0 unspecified atom stereocenters. The van der Waals surface area contributed by atoms with Gasteiger partial charge in [0.25, 0.3) is 0 Å². The summed E-state index contributed by atoms with van der Waals surface area (Å²) >= 11 is 0. The van der Waals surface area contributed by atoms with Gasteiger partial charge >= 0.3 is 6.09 Å². The highest BCUT2D eigenvalue weighted by molar-refractivity contribution is 6.29. The van der Waals surface area contributed by atoms with Gasteiger partial charge in [-0.05, 0) is 54.3 Å². The van der Waals surface area contributed by atoms with Crippen LogP contribution in [0.3, 0.4) is 0 Å². The molecule has 6 heteroatoms. The summed E-state index contributed by atoms with van der Waals surface area (Å²) in [4.78, 5) is 38.2. The van der Waals surface area contributed by atoms with Crippen molar-refractivity contribution in [1.82, 2.24) is 0 Å². The Morgan fingerprint density at radius 2 is 1.42 bits per heavy atom. The molecule has 0 aliphatic heterocycles. The molecule has 5 rings (SSSR count). The van der Waals surface area contributed by atoms with E-state index in [1.54, 1.807) is 73.7 Å². The van der Waals surface area contributed by atoms with Gasteiger partial charge < -0.3 is 9.84 Å². The normalized spacial score (nSPS) is 13.2. The van der Waals surface area contributed by atoms with E-state index >= 15 is 0 Å². The van der Waals surface area contributed by atoms with E-state index in [1.165, 1.54) is 6.07 Å². The molecular weight excluding hydrogens is 418 g/mol. The molecule has 0 spiro atoms. The topological polar surface area (TPSA) is 92.7 Å². The number of ketones is 2. The molecule has 1 aliphatic rings. The number of anilines is 1. The Morgan fingerprint density at radius 3 is 2.09 bits per heavy atom. The number of rotatable bonds is 3. The highest BCUT2D eigenvalue weighted by Gasteiger charge is 2.30. The second-order valence-corrected chi connectivity index (χ2v) is 7.90.